The summed E-state index contributed by atoms with van der Waals surface area (Å²) in [6, 6.07) is 5.37. The maximum Gasteiger partial charge on any atom is 0.345 e. The van der Waals surface area contributed by atoms with E-state index in [4.69, 9.17) is 16.3 Å². The minimum atomic E-state index is -0.385. The van der Waals surface area contributed by atoms with Crippen molar-refractivity contribution in [1.82, 2.24) is 9.97 Å². The van der Waals surface area contributed by atoms with Crippen molar-refractivity contribution in [3.05, 3.63) is 45.0 Å². The lowest BCUT2D eigenvalue weighted by Crippen LogP contribution is -2.12. The fourth-order valence-electron chi connectivity index (χ4n) is 1.74. The summed E-state index contributed by atoms with van der Waals surface area (Å²) >= 11 is 6.10. The standard InChI is InChI=1S/C13H13ClN2O2/c1-7-4-12(18-3)9(6-10(7)14)11-5-8(2)15-13(17)16-11/h4-6H,1-3H3,(H,15,16,17). The topological polar surface area (TPSA) is 55.0 Å². The molecule has 0 amide bonds. The molecule has 0 aliphatic rings. The van der Waals surface area contributed by atoms with Gasteiger partial charge in [-0.2, -0.15) is 4.98 Å². The Hall–Kier alpha value is -1.81. The quantitative estimate of drug-likeness (QED) is 0.907. The van der Waals surface area contributed by atoms with E-state index in [1.165, 1.54) is 0 Å². The largest absolute Gasteiger partial charge is 0.496 e. The highest BCUT2D eigenvalue weighted by Gasteiger charge is 2.11. The van der Waals surface area contributed by atoms with Crippen LogP contribution < -0.4 is 10.4 Å². The van der Waals surface area contributed by atoms with Gasteiger partial charge < -0.3 is 9.72 Å². The summed E-state index contributed by atoms with van der Waals surface area (Å²) in [6.07, 6.45) is 0. The van der Waals surface area contributed by atoms with Gasteiger partial charge in [-0.15, -0.1) is 0 Å². The molecular weight excluding hydrogens is 252 g/mol. The van der Waals surface area contributed by atoms with Crippen LogP contribution in [-0.4, -0.2) is 17.1 Å². The second kappa shape index (κ2) is 4.82. The van der Waals surface area contributed by atoms with Crippen LogP contribution in [0.4, 0.5) is 0 Å². The Kier molecular flexibility index (Phi) is 3.39. The number of aromatic nitrogens is 2. The number of nitrogens with zero attached hydrogens (tertiary/aromatic N) is 1. The molecule has 0 unspecified atom stereocenters. The van der Waals surface area contributed by atoms with Gasteiger partial charge in [0.25, 0.3) is 0 Å². The van der Waals surface area contributed by atoms with Crippen LogP contribution in [0, 0.1) is 13.8 Å². The first-order chi connectivity index (χ1) is 8.51. The zero-order valence-corrected chi connectivity index (χ0v) is 11.1. The number of halogens is 1. The number of hydrogen-bond acceptors (Lipinski definition) is 3. The summed E-state index contributed by atoms with van der Waals surface area (Å²) in [4.78, 5) is 17.9. The van der Waals surface area contributed by atoms with E-state index in [9.17, 15) is 4.79 Å². The van der Waals surface area contributed by atoms with Gasteiger partial charge in [0.05, 0.1) is 12.8 Å². The van der Waals surface area contributed by atoms with Crippen molar-refractivity contribution >= 4 is 11.6 Å². The highest BCUT2D eigenvalue weighted by atomic mass is 35.5. The van der Waals surface area contributed by atoms with E-state index >= 15 is 0 Å². The monoisotopic (exact) mass is 264 g/mol. The van der Waals surface area contributed by atoms with Crippen LogP contribution in [0.5, 0.6) is 5.75 Å². The summed E-state index contributed by atoms with van der Waals surface area (Å²) in [5.41, 5.74) is 2.53. The number of nitrogens with one attached hydrogen (secondary N) is 1. The number of H-pyrrole nitrogens is 1. The molecule has 2 rings (SSSR count). The van der Waals surface area contributed by atoms with Gasteiger partial charge in [-0.1, -0.05) is 11.6 Å². The van der Waals surface area contributed by atoms with Gasteiger partial charge in [0.15, 0.2) is 0 Å². The molecule has 0 aliphatic heterocycles. The smallest absolute Gasteiger partial charge is 0.345 e. The van der Waals surface area contributed by atoms with Gasteiger partial charge in [-0.3, -0.25) is 0 Å². The average Bonchev–Trinajstić information content (AvgIpc) is 2.30. The molecule has 2 aromatic rings. The van der Waals surface area contributed by atoms with E-state index < -0.39 is 0 Å². The molecule has 5 heteroatoms. The molecule has 1 heterocycles. The van der Waals surface area contributed by atoms with Gasteiger partial charge in [0.1, 0.15) is 5.75 Å². The van der Waals surface area contributed by atoms with Crippen molar-refractivity contribution < 1.29 is 4.74 Å². The molecule has 0 saturated heterocycles. The molecule has 1 aromatic heterocycles. The van der Waals surface area contributed by atoms with Crippen molar-refractivity contribution in [3.63, 3.8) is 0 Å². The van der Waals surface area contributed by atoms with E-state index in [-0.39, 0.29) is 5.69 Å². The Labute approximate surface area is 110 Å². The number of ether oxygens (including phenoxy) is 1. The predicted octanol–water partition coefficient (Wildman–Crippen LogP) is 2.72. The Bertz CT molecular complexity index is 650. The van der Waals surface area contributed by atoms with Gasteiger partial charge >= 0.3 is 5.69 Å². The van der Waals surface area contributed by atoms with Crippen molar-refractivity contribution in [2.24, 2.45) is 0 Å². The lowest BCUT2D eigenvalue weighted by molar-refractivity contribution is 0.416. The third-order valence-corrected chi connectivity index (χ3v) is 3.04. The molecule has 1 aromatic carbocycles. The number of hydrogen-bond donors (Lipinski definition) is 1. The summed E-state index contributed by atoms with van der Waals surface area (Å²) in [5, 5.41) is 0.616. The SMILES string of the molecule is COc1cc(C)c(Cl)cc1-c1cc(C)[nH]c(=O)n1. The van der Waals surface area contributed by atoms with Gasteiger partial charge in [0, 0.05) is 16.3 Å². The molecule has 0 aliphatic carbocycles. The van der Waals surface area contributed by atoms with Crippen LogP contribution in [0.3, 0.4) is 0 Å². The summed E-state index contributed by atoms with van der Waals surface area (Å²) in [6.45, 7) is 3.69. The minimum absolute atomic E-state index is 0.385. The molecule has 94 valence electrons. The predicted molar refractivity (Wildman–Crippen MR) is 71.3 cm³/mol. The molecule has 4 nitrogen and oxygen atoms in total. The number of aryl methyl sites for hydroxylation is 2. The second-order valence-electron chi connectivity index (χ2n) is 4.06. The Morgan fingerprint density at radius 2 is 2.00 bits per heavy atom. The van der Waals surface area contributed by atoms with Crippen LogP contribution in [0.1, 0.15) is 11.3 Å². The first-order valence-electron chi connectivity index (χ1n) is 5.43. The zero-order valence-electron chi connectivity index (χ0n) is 10.4. The third kappa shape index (κ3) is 2.38. The summed E-state index contributed by atoms with van der Waals surface area (Å²) in [5.74, 6) is 0.648. The Morgan fingerprint density at radius 3 is 2.61 bits per heavy atom. The summed E-state index contributed by atoms with van der Waals surface area (Å²) < 4.78 is 5.30. The number of methoxy groups -OCH3 is 1. The van der Waals surface area contributed by atoms with Crippen molar-refractivity contribution in [2.75, 3.05) is 7.11 Å². The number of aromatic amines is 1. The number of rotatable bonds is 2. The second-order valence-corrected chi connectivity index (χ2v) is 4.46. The van der Waals surface area contributed by atoms with Crippen molar-refractivity contribution in [2.45, 2.75) is 13.8 Å². The molecule has 0 radical (unpaired) electrons. The van der Waals surface area contributed by atoms with E-state index in [1.54, 1.807) is 26.2 Å². The normalized spacial score (nSPS) is 10.4. The van der Waals surface area contributed by atoms with Crippen molar-refractivity contribution in [3.8, 4) is 17.0 Å². The van der Waals surface area contributed by atoms with Crippen LogP contribution in [0.15, 0.2) is 23.0 Å². The molecular formula is C13H13ClN2O2. The van der Waals surface area contributed by atoms with Crippen LogP contribution >= 0.6 is 11.6 Å². The zero-order chi connectivity index (χ0) is 13.3. The lowest BCUT2D eigenvalue weighted by Gasteiger charge is -2.10. The lowest BCUT2D eigenvalue weighted by atomic mass is 10.1. The van der Waals surface area contributed by atoms with Gasteiger partial charge in [-0.05, 0) is 37.6 Å². The van der Waals surface area contributed by atoms with Crippen LogP contribution in [0.25, 0.3) is 11.3 Å². The Morgan fingerprint density at radius 1 is 1.28 bits per heavy atom. The highest BCUT2D eigenvalue weighted by molar-refractivity contribution is 6.31. The minimum Gasteiger partial charge on any atom is -0.496 e. The molecule has 0 saturated carbocycles. The molecule has 1 N–H and O–H groups in total. The highest BCUT2D eigenvalue weighted by Crippen LogP contribution is 2.33. The van der Waals surface area contributed by atoms with Gasteiger partial charge in [0.2, 0.25) is 0 Å². The van der Waals surface area contributed by atoms with E-state index in [0.29, 0.717) is 22.0 Å². The average molecular weight is 265 g/mol. The Balaban J connectivity index is 2.69. The van der Waals surface area contributed by atoms with E-state index in [0.717, 1.165) is 11.3 Å². The van der Waals surface area contributed by atoms with Crippen LogP contribution in [-0.2, 0) is 0 Å². The van der Waals surface area contributed by atoms with Crippen LogP contribution in [0.2, 0.25) is 5.02 Å². The fourth-order valence-corrected chi connectivity index (χ4v) is 1.91. The van der Waals surface area contributed by atoms with E-state index in [2.05, 4.69) is 9.97 Å². The first kappa shape index (κ1) is 12.6. The van der Waals surface area contributed by atoms with E-state index in [1.807, 2.05) is 13.0 Å². The maximum atomic E-state index is 11.4. The molecule has 0 spiro atoms. The van der Waals surface area contributed by atoms with Crippen molar-refractivity contribution in [1.29, 1.82) is 0 Å². The fraction of sp³-hybridized carbons (Fsp3) is 0.231. The summed E-state index contributed by atoms with van der Waals surface area (Å²) in [7, 11) is 1.58. The molecule has 0 fully saturated rings. The molecule has 0 bridgehead atoms. The molecule has 18 heavy (non-hydrogen) atoms. The third-order valence-electron chi connectivity index (χ3n) is 2.64. The first-order valence-corrected chi connectivity index (χ1v) is 5.81. The van der Waals surface area contributed by atoms with Gasteiger partial charge in [-0.25, -0.2) is 4.79 Å². The number of benzene rings is 1. The maximum absolute atomic E-state index is 11.4. The molecule has 0 atom stereocenters.